The molecule has 3 rings (SSSR count). The maximum absolute atomic E-state index is 12.7. The van der Waals surface area contributed by atoms with Gasteiger partial charge in [0.15, 0.2) is 0 Å². The van der Waals surface area contributed by atoms with Crippen molar-refractivity contribution >= 4 is 28.4 Å². The second-order valence-electron chi connectivity index (χ2n) is 5.82. The minimum atomic E-state index is -0.720. The molecule has 1 aliphatic rings. The Hall–Kier alpha value is -2.08. The van der Waals surface area contributed by atoms with E-state index in [2.05, 4.69) is 5.32 Å². The zero-order valence-electron chi connectivity index (χ0n) is 13.0. The van der Waals surface area contributed by atoms with Gasteiger partial charge < -0.3 is 5.32 Å². The standard InChI is InChI=1S/C16H18ClN3O3/c1-3-19-15(22)12-7-4-10(17)8-13(12)20(16(19)23)9(2)14(21)18-11-5-6-11/h4,7-9,11H,3,5-6H2,1-2H3,(H,18,21)/t9-/m1/s1. The van der Waals surface area contributed by atoms with Crippen LogP contribution in [0.4, 0.5) is 0 Å². The largest absolute Gasteiger partial charge is 0.352 e. The summed E-state index contributed by atoms with van der Waals surface area (Å²) in [5.41, 5.74) is -0.475. The fraction of sp³-hybridized carbons (Fsp3) is 0.438. The highest BCUT2D eigenvalue weighted by molar-refractivity contribution is 6.31. The third kappa shape index (κ3) is 2.79. The number of fused-ring (bicyclic) bond motifs is 1. The van der Waals surface area contributed by atoms with Gasteiger partial charge in [-0.05, 0) is 44.9 Å². The first-order valence-corrected chi connectivity index (χ1v) is 8.06. The smallest absolute Gasteiger partial charge is 0.332 e. The van der Waals surface area contributed by atoms with Crippen LogP contribution < -0.4 is 16.6 Å². The molecule has 1 aromatic carbocycles. The van der Waals surface area contributed by atoms with E-state index in [1.807, 2.05) is 0 Å². The summed E-state index contributed by atoms with van der Waals surface area (Å²) in [6, 6.07) is 4.23. The van der Waals surface area contributed by atoms with E-state index in [9.17, 15) is 14.4 Å². The number of carbonyl (C=O) groups excluding carboxylic acids is 1. The summed E-state index contributed by atoms with van der Waals surface area (Å²) in [5, 5.41) is 3.68. The molecular weight excluding hydrogens is 318 g/mol. The second kappa shape index (κ2) is 5.85. The number of benzene rings is 1. The Bertz CT molecular complexity index is 896. The Morgan fingerprint density at radius 1 is 1.39 bits per heavy atom. The molecule has 7 heteroatoms. The summed E-state index contributed by atoms with van der Waals surface area (Å²) < 4.78 is 2.49. The Balaban J connectivity index is 2.24. The molecule has 1 aromatic heterocycles. The van der Waals surface area contributed by atoms with E-state index in [4.69, 9.17) is 11.6 Å². The molecule has 6 nitrogen and oxygen atoms in total. The number of amides is 1. The highest BCUT2D eigenvalue weighted by Gasteiger charge is 2.28. The lowest BCUT2D eigenvalue weighted by Crippen LogP contribution is -2.44. The minimum Gasteiger partial charge on any atom is -0.352 e. The van der Waals surface area contributed by atoms with E-state index in [-0.39, 0.29) is 24.1 Å². The van der Waals surface area contributed by atoms with E-state index in [1.165, 1.54) is 4.57 Å². The van der Waals surface area contributed by atoms with Crippen LogP contribution in [-0.4, -0.2) is 21.1 Å². The van der Waals surface area contributed by atoms with Crippen LogP contribution in [0, 0.1) is 0 Å². The van der Waals surface area contributed by atoms with E-state index in [0.717, 1.165) is 17.4 Å². The predicted molar refractivity (Wildman–Crippen MR) is 89.0 cm³/mol. The Morgan fingerprint density at radius 2 is 2.09 bits per heavy atom. The van der Waals surface area contributed by atoms with Crippen LogP contribution in [-0.2, 0) is 11.3 Å². The zero-order chi connectivity index (χ0) is 16.7. The SMILES string of the molecule is CCn1c(=O)c2ccc(Cl)cc2n([C@H](C)C(=O)NC2CC2)c1=O. The molecule has 122 valence electrons. The first-order chi connectivity index (χ1) is 10.9. The molecule has 23 heavy (non-hydrogen) atoms. The Kier molecular flexibility index (Phi) is 4.02. The number of rotatable bonds is 4. The fourth-order valence-corrected chi connectivity index (χ4v) is 2.84. The molecule has 2 aromatic rings. The van der Waals surface area contributed by atoms with Crippen LogP contribution in [0.3, 0.4) is 0 Å². The number of nitrogens with zero attached hydrogens (tertiary/aromatic N) is 2. The van der Waals surface area contributed by atoms with Gasteiger partial charge in [-0.2, -0.15) is 0 Å². The lowest BCUT2D eigenvalue weighted by molar-refractivity contribution is -0.124. The van der Waals surface area contributed by atoms with Crippen LogP contribution in [0.2, 0.25) is 5.02 Å². The number of aromatic nitrogens is 2. The van der Waals surface area contributed by atoms with Crippen molar-refractivity contribution in [2.24, 2.45) is 0 Å². The van der Waals surface area contributed by atoms with Crippen molar-refractivity contribution in [2.75, 3.05) is 0 Å². The summed E-state index contributed by atoms with van der Waals surface area (Å²) in [6.45, 7) is 3.63. The van der Waals surface area contributed by atoms with Crippen molar-refractivity contribution in [2.45, 2.75) is 45.3 Å². The van der Waals surface area contributed by atoms with Crippen molar-refractivity contribution < 1.29 is 4.79 Å². The van der Waals surface area contributed by atoms with Gasteiger partial charge in [-0.15, -0.1) is 0 Å². The number of halogens is 1. The van der Waals surface area contributed by atoms with Crippen molar-refractivity contribution in [3.05, 3.63) is 44.1 Å². The Labute approximate surface area is 137 Å². The molecule has 0 spiro atoms. The van der Waals surface area contributed by atoms with Gasteiger partial charge in [-0.1, -0.05) is 11.6 Å². The van der Waals surface area contributed by atoms with Crippen LogP contribution in [0.15, 0.2) is 27.8 Å². The second-order valence-corrected chi connectivity index (χ2v) is 6.26. The van der Waals surface area contributed by atoms with Crippen molar-refractivity contribution in [3.63, 3.8) is 0 Å². The number of nitrogens with one attached hydrogen (secondary N) is 1. The average Bonchev–Trinajstić information content (AvgIpc) is 3.31. The molecule has 0 aliphatic heterocycles. The molecule has 0 bridgehead atoms. The topological polar surface area (TPSA) is 73.1 Å². The maximum atomic E-state index is 12.7. The summed E-state index contributed by atoms with van der Waals surface area (Å²) >= 11 is 6.02. The first kappa shape index (κ1) is 15.8. The minimum absolute atomic E-state index is 0.201. The summed E-state index contributed by atoms with van der Waals surface area (Å²) in [6.07, 6.45) is 1.93. The molecule has 1 atom stereocenters. The monoisotopic (exact) mass is 335 g/mol. The molecular formula is C16H18ClN3O3. The van der Waals surface area contributed by atoms with Crippen LogP contribution in [0.25, 0.3) is 10.9 Å². The van der Waals surface area contributed by atoms with Crippen molar-refractivity contribution in [1.82, 2.24) is 14.5 Å². The van der Waals surface area contributed by atoms with Gasteiger partial charge in [0.25, 0.3) is 5.56 Å². The lowest BCUT2D eigenvalue weighted by Gasteiger charge is -2.19. The molecule has 1 amide bonds. The van der Waals surface area contributed by atoms with Gasteiger partial charge in [-0.3, -0.25) is 18.7 Å². The third-order valence-corrected chi connectivity index (χ3v) is 4.37. The van der Waals surface area contributed by atoms with Crippen LogP contribution in [0.5, 0.6) is 0 Å². The van der Waals surface area contributed by atoms with Crippen LogP contribution >= 0.6 is 11.6 Å². The summed E-state index contributed by atoms with van der Waals surface area (Å²) in [4.78, 5) is 37.5. The molecule has 1 saturated carbocycles. The molecule has 0 unspecified atom stereocenters. The van der Waals surface area contributed by atoms with Gasteiger partial charge in [-0.25, -0.2) is 4.79 Å². The normalized spacial score (nSPS) is 15.6. The lowest BCUT2D eigenvalue weighted by atomic mass is 10.2. The van der Waals surface area contributed by atoms with E-state index < -0.39 is 11.7 Å². The molecule has 1 heterocycles. The zero-order valence-corrected chi connectivity index (χ0v) is 13.8. The van der Waals surface area contributed by atoms with Gasteiger partial charge >= 0.3 is 5.69 Å². The average molecular weight is 336 g/mol. The molecule has 1 aliphatic carbocycles. The molecule has 0 radical (unpaired) electrons. The van der Waals surface area contributed by atoms with Gasteiger partial charge in [0.05, 0.1) is 10.9 Å². The first-order valence-electron chi connectivity index (χ1n) is 7.69. The number of hydrogen-bond acceptors (Lipinski definition) is 3. The molecule has 1 N–H and O–H groups in total. The van der Waals surface area contributed by atoms with Gasteiger partial charge in [0, 0.05) is 17.6 Å². The Morgan fingerprint density at radius 3 is 2.70 bits per heavy atom. The third-order valence-electron chi connectivity index (χ3n) is 4.14. The van der Waals surface area contributed by atoms with E-state index >= 15 is 0 Å². The fourth-order valence-electron chi connectivity index (χ4n) is 2.67. The van der Waals surface area contributed by atoms with Gasteiger partial charge in [0.1, 0.15) is 6.04 Å². The van der Waals surface area contributed by atoms with Crippen molar-refractivity contribution in [1.29, 1.82) is 0 Å². The van der Waals surface area contributed by atoms with Crippen molar-refractivity contribution in [3.8, 4) is 0 Å². The van der Waals surface area contributed by atoms with E-state index in [1.54, 1.807) is 32.0 Å². The quantitative estimate of drug-likeness (QED) is 0.923. The number of carbonyl (C=O) groups is 1. The predicted octanol–water partition coefficient (Wildman–Crippen LogP) is 1.68. The highest BCUT2D eigenvalue weighted by atomic mass is 35.5. The summed E-state index contributed by atoms with van der Waals surface area (Å²) in [5.74, 6) is -0.225. The highest BCUT2D eigenvalue weighted by Crippen LogP contribution is 2.22. The van der Waals surface area contributed by atoms with E-state index in [0.29, 0.717) is 15.9 Å². The summed E-state index contributed by atoms with van der Waals surface area (Å²) in [7, 11) is 0. The van der Waals surface area contributed by atoms with Crippen LogP contribution in [0.1, 0.15) is 32.7 Å². The molecule has 1 fully saturated rings. The number of hydrogen-bond donors (Lipinski definition) is 1. The van der Waals surface area contributed by atoms with Gasteiger partial charge in [0.2, 0.25) is 5.91 Å². The molecule has 0 saturated heterocycles. The maximum Gasteiger partial charge on any atom is 0.332 e.